The van der Waals surface area contributed by atoms with Crippen molar-refractivity contribution < 1.29 is 23.4 Å². The highest BCUT2D eigenvalue weighted by Crippen LogP contribution is 2.40. The molecule has 0 aliphatic rings. The van der Waals surface area contributed by atoms with Gasteiger partial charge < -0.3 is 10.2 Å². The lowest BCUT2D eigenvalue weighted by Crippen LogP contribution is -2.39. The van der Waals surface area contributed by atoms with Gasteiger partial charge in [0.2, 0.25) is 0 Å². The Kier molecular flexibility index (Phi) is 6.83. The van der Waals surface area contributed by atoms with Crippen LogP contribution in [0.4, 0.5) is 13.2 Å². The molecule has 0 aromatic heterocycles. The van der Waals surface area contributed by atoms with Gasteiger partial charge in [0.05, 0.1) is 12.0 Å². The fourth-order valence-corrected chi connectivity index (χ4v) is 2.01. The van der Waals surface area contributed by atoms with Crippen LogP contribution in [-0.4, -0.2) is 29.1 Å². The van der Waals surface area contributed by atoms with Crippen LogP contribution in [0.2, 0.25) is 0 Å². The molecule has 3 atom stereocenters. The van der Waals surface area contributed by atoms with Crippen LogP contribution in [0.5, 0.6) is 0 Å². The van der Waals surface area contributed by atoms with Crippen LogP contribution in [0.15, 0.2) is 0 Å². The number of rotatable bonds is 7. The first-order valence-electron chi connectivity index (χ1n) is 6.77. The summed E-state index contributed by atoms with van der Waals surface area (Å²) < 4.78 is 39.2. The SMILES string of the molecule is CC(C)CC(O)C(CC(C)C(C)(C)CO)C(F)(F)F. The minimum absolute atomic E-state index is 0.0148. The minimum atomic E-state index is -4.41. The summed E-state index contributed by atoms with van der Waals surface area (Å²) in [5.74, 6) is -2.04. The summed E-state index contributed by atoms with van der Waals surface area (Å²) in [6, 6.07) is 0. The average Bonchev–Trinajstić information content (AvgIpc) is 2.22. The molecule has 0 aromatic rings. The van der Waals surface area contributed by atoms with Crippen LogP contribution >= 0.6 is 0 Å². The summed E-state index contributed by atoms with van der Waals surface area (Å²) in [5.41, 5.74) is -0.582. The maximum Gasteiger partial charge on any atom is 0.394 e. The monoisotopic (exact) mass is 284 g/mol. The fourth-order valence-electron chi connectivity index (χ4n) is 2.01. The van der Waals surface area contributed by atoms with Crippen LogP contribution in [0.1, 0.15) is 47.5 Å². The van der Waals surface area contributed by atoms with Crippen LogP contribution in [-0.2, 0) is 0 Å². The molecule has 0 saturated carbocycles. The third kappa shape index (κ3) is 6.13. The van der Waals surface area contributed by atoms with Crippen LogP contribution in [0.3, 0.4) is 0 Å². The average molecular weight is 284 g/mol. The van der Waals surface area contributed by atoms with E-state index in [4.69, 9.17) is 0 Å². The largest absolute Gasteiger partial charge is 0.396 e. The molecule has 0 radical (unpaired) electrons. The summed E-state index contributed by atoms with van der Waals surface area (Å²) in [6.45, 7) is 8.57. The van der Waals surface area contributed by atoms with Crippen molar-refractivity contribution in [3.63, 3.8) is 0 Å². The Morgan fingerprint density at radius 2 is 1.47 bits per heavy atom. The highest BCUT2D eigenvalue weighted by Gasteiger charge is 2.46. The molecule has 0 spiro atoms. The van der Waals surface area contributed by atoms with Crippen molar-refractivity contribution in [2.45, 2.75) is 59.7 Å². The molecule has 19 heavy (non-hydrogen) atoms. The zero-order chi connectivity index (χ0) is 15.4. The molecule has 0 aliphatic heterocycles. The molecule has 0 rings (SSSR count). The highest BCUT2D eigenvalue weighted by atomic mass is 19.4. The van der Waals surface area contributed by atoms with E-state index in [0.29, 0.717) is 0 Å². The van der Waals surface area contributed by atoms with Crippen molar-refractivity contribution in [3.8, 4) is 0 Å². The van der Waals surface area contributed by atoms with Crippen molar-refractivity contribution in [3.05, 3.63) is 0 Å². The van der Waals surface area contributed by atoms with Gasteiger partial charge in [-0.1, -0.05) is 34.6 Å². The van der Waals surface area contributed by atoms with Crippen molar-refractivity contribution in [2.24, 2.45) is 23.2 Å². The Morgan fingerprint density at radius 1 is 1.00 bits per heavy atom. The van der Waals surface area contributed by atoms with E-state index in [1.807, 2.05) is 0 Å². The lowest BCUT2D eigenvalue weighted by Gasteiger charge is -2.35. The Bertz CT molecular complexity index is 262. The molecule has 0 aliphatic carbocycles. The highest BCUT2D eigenvalue weighted by molar-refractivity contribution is 4.83. The molecule has 0 bridgehead atoms. The van der Waals surface area contributed by atoms with E-state index >= 15 is 0 Å². The number of aliphatic hydroxyl groups excluding tert-OH is 2. The third-order valence-electron chi connectivity index (χ3n) is 3.95. The Morgan fingerprint density at radius 3 is 1.79 bits per heavy atom. The second-order valence-corrected chi connectivity index (χ2v) is 6.63. The smallest absolute Gasteiger partial charge is 0.394 e. The van der Waals surface area contributed by atoms with Crippen LogP contribution in [0.25, 0.3) is 0 Å². The number of halogens is 3. The first kappa shape index (κ1) is 18.7. The Balaban J connectivity index is 4.89. The predicted molar refractivity (Wildman–Crippen MR) is 69.7 cm³/mol. The quantitative estimate of drug-likeness (QED) is 0.749. The Labute approximate surface area is 114 Å². The summed E-state index contributed by atoms with van der Waals surface area (Å²) >= 11 is 0. The number of hydrogen-bond donors (Lipinski definition) is 2. The first-order valence-corrected chi connectivity index (χ1v) is 6.77. The van der Waals surface area contributed by atoms with Gasteiger partial charge in [-0.05, 0) is 30.1 Å². The lowest BCUT2D eigenvalue weighted by atomic mass is 9.74. The predicted octanol–water partition coefficient (Wildman–Crippen LogP) is 3.62. The van der Waals surface area contributed by atoms with Gasteiger partial charge in [0.15, 0.2) is 0 Å². The van der Waals surface area contributed by atoms with E-state index in [1.165, 1.54) is 0 Å². The van der Waals surface area contributed by atoms with E-state index in [-0.39, 0.29) is 31.3 Å². The molecule has 2 N–H and O–H groups in total. The van der Waals surface area contributed by atoms with E-state index in [2.05, 4.69) is 0 Å². The zero-order valence-electron chi connectivity index (χ0n) is 12.5. The lowest BCUT2D eigenvalue weighted by molar-refractivity contribution is -0.208. The van der Waals surface area contributed by atoms with Gasteiger partial charge in [-0.25, -0.2) is 0 Å². The molecule has 116 valence electrons. The number of alkyl halides is 3. The van der Waals surface area contributed by atoms with E-state index in [0.717, 1.165) is 0 Å². The molecule has 0 fully saturated rings. The van der Waals surface area contributed by atoms with Crippen molar-refractivity contribution in [1.29, 1.82) is 0 Å². The molecule has 0 aromatic carbocycles. The summed E-state index contributed by atoms with van der Waals surface area (Å²) in [4.78, 5) is 0. The van der Waals surface area contributed by atoms with E-state index in [9.17, 15) is 23.4 Å². The van der Waals surface area contributed by atoms with Gasteiger partial charge in [0.25, 0.3) is 0 Å². The van der Waals surface area contributed by atoms with E-state index in [1.54, 1.807) is 34.6 Å². The molecule has 3 unspecified atom stereocenters. The van der Waals surface area contributed by atoms with Crippen LogP contribution in [0, 0.1) is 23.2 Å². The maximum atomic E-state index is 13.1. The fraction of sp³-hybridized carbons (Fsp3) is 1.00. The van der Waals surface area contributed by atoms with Crippen LogP contribution < -0.4 is 0 Å². The second kappa shape index (κ2) is 6.93. The van der Waals surface area contributed by atoms with Gasteiger partial charge in [0.1, 0.15) is 0 Å². The topological polar surface area (TPSA) is 40.5 Å². The van der Waals surface area contributed by atoms with Crippen molar-refractivity contribution in [2.75, 3.05) is 6.61 Å². The van der Waals surface area contributed by atoms with E-state index < -0.39 is 23.6 Å². The summed E-state index contributed by atoms with van der Waals surface area (Å²) in [5, 5.41) is 19.0. The first-order chi connectivity index (χ1) is 8.41. The van der Waals surface area contributed by atoms with Gasteiger partial charge in [-0.2, -0.15) is 13.2 Å². The molecular formula is C14H27F3O2. The van der Waals surface area contributed by atoms with Gasteiger partial charge in [-0.3, -0.25) is 0 Å². The zero-order valence-corrected chi connectivity index (χ0v) is 12.5. The molecule has 0 amide bonds. The van der Waals surface area contributed by atoms with Crippen molar-refractivity contribution in [1.82, 2.24) is 0 Å². The number of hydrogen-bond acceptors (Lipinski definition) is 2. The number of aliphatic hydroxyl groups is 2. The summed E-state index contributed by atoms with van der Waals surface area (Å²) in [7, 11) is 0. The molecule has 0 heterocycles. The maximum absolute atomic E-state index is 13.1. The van der Waals surface area contributed by atoms with Crippen molar-refractivity contribution >= 4 is 0 Å². The molecular weight excluding hydrogens is 257 g/mol. The Hall–Kier alpha value is -0.290. The standard InChI is InChI=1S/C14H27F3O2/c1-9(2)6-12(19)11(14(15,16)17)7-10(3)13(4,5)8-18/h9-12,18-19H,6-8H2,1-5H3. The van der Waals surface area contributed by atoms with Gasteiger partial charge >= 0.3 is 6.18 Å². The van der Waals surface area contributed by atoms with Gasteiger partial charge in [-0.15, -0.1) is 0 Å². The minimum Gasteiger partial charge on any atom is -0.396 e. The molecule has 0 saturated heterocycles. The van der Waals surface area contributed by atoms with Gasteiger partial charge in [0, 0.05) is 6.61 Å². The second-order valence-electron chi connectivity index (χ2n) is 6.63. The molecule has 5 heteroatoms. The third-order valence-corrected chi connectivity index (χ3v) is 3.95. The normalized spacial score (nSPS) is 18.5. The summed E-state index contributed by atoms with van der Waals surface area (Å²) in [6.07, 6.45) is -5.81. The molecule has 2 nitrogen and oxygen atoms in total.